The summed E-state index contributed by atoms with van der Waals surface area (Å²) in [5.74, 6) is 2.00. The van der Waals surface area contributed by atoms with Crippen LogP contribution in [0.15, 0.2) is 0 Å². The number of unbranched alkanes of at least 4 members (excludes halogenated alkanes) is 11. The average Bonchev–Trinajstić information content (AvgIpc) is 3.44. The van der Waals surface area contributed by atoms with Gasteiger partial charge in [0.1, 0.15) is 0 Å². The third-order valence-corrected chi connectivity index (χ3v) is 7.45. The van der Waals surface area contributed by atoms with Gasteiger partial charge in [-0.1, -0.05) is 130 Å². The van der Waals surface area contributed by atoms with E-state index < -0.39 is 0 Å². The minimum Gasteiger partial charge on any atom is -0.0654 e. The predicted octanol–water partition coefficient (Wildman–Crippen LogP) is 9.71. The molecule has 0 heteroatoms. The van der Waals surface area contributed by atoms with Crippen molar-refractivity contribution in [2.45, 2.75) is 150 Å². The van der Waals surface area contributed by atoms with Crippen LogP contribution in [0.1, 0.15) is 150 Å². The molecule has 0 bridgehead atoms. The van der Waals surface area contributed by atoms with E-state index in [1.54, 1.807) is 19.3 Å². The summed E-state index contributed by atoms with van der Waals surface area (Å²) in [6.45, 7) is 9.65. The Hall–Kier alpha value is 0. The smallest absolute Gasteiger partial charge is 0.0269 e. The van der Waals surface area contributed by atoms with Crippen molar-refractivity contribution in [1.82, 2.24) is 0 Å². The fraction of sp³-hybridized carbons (Fsp3) is 1.00. The first-order valence-electron chi connectivity index (χ1n) is 12.7. The number of rotatable bonds is 19. The molecule has 1 rings (SSSR count). The van der Waals surface area contributed by atoms with Gasteiger partial charge in [-0.3, -0.25) is 0 Å². The van der Waals surface area contributed by atoms with Crippen LogP contribution < -0.4 is 0 Å². The summed E-state index contributed by atoms with van der Waals surface area (Å²) >= 11 is 0. The lowest BCUT2D eigenvalue weighted by Crippen LogP contribution is -2.23. The Morgan fingerprint density at radius 1 is 0.577 bits per heavy atom. The van der Waals surface area contributed by atoms with Crippen LogP contribution in [-0.4, -0.2) is 0 Å². The van der Waals surface area contributed by atoms with Crippen molar-refractivity contribution in [3.05, 3.63) is 0 Å². The molecule has 2 unspecified atom stereocenters. The highest BCUT2D eigenvalue weighted by Crippen LogP contribution is 2.59. The third-order valence-electron chi connectivity index (χ3n) is 7.45. The fourth-order valence-electron chi connectivity index (χ4n) is 5.15. The predicted molar refractivity (Wildman–Crippen MR) is 120 cm³/mol. The molecule has 1 fully saturated rings. The second kappa shape index (κ2) is 15.0. The summed E-state index contributed by atoms with van der Waals surface area (Å²) in [5.41, 5.74) is 0.770. The largest absolute Gasteiger partial charge is 0.0654 e. The molecule has 0 N–H and O–H groups in total. The van der Waals surface area contributed by atoms with E-state index in [2.05, 4.69) is 27.7 Å². The molecule has 1 saturated carbocycles. The molecule has 0 aliphatic heterocycles. The van der Waals surface area contributed by atoms with Gasteiger partial charge in [-0.25, -0.2) is 0 Å². The molecule has 2 atom stereocenters. The van der Waals surface area contributed by atoms with Crippen molar-refractivity contribution in [2.24, 2.45) is 17.3 Å². The summed E-state index contributed by atoms with van der Waals surface area (Å²) in [4.78, 5) is 0. The lowest BCUT2D eigenvalue weighted by molar-refractivity contribution is 0.182. The van der Waals surface area contributed by atoms with Crippen LogP contribution in [0.4, 0.5) is 0 Å². The van der Waals surface area contributed by atoms with Gasteiger partial charge in [0, 0.05) is 0 Å². The Balaban J connectivity index is 2.22. The maximum Gasteiger partial charge on any atom is -0.0269 e. The maximum atomic E-state index is 2.63. The zero-order chi connectivity index (χ0) is 19.1. The van der Waals surface area contributed by atoms with E-state index in [9.17, 15) is 0 Å². The van der Waals surface area contributed by atoms with Crippen LogP contribution in [0, 0.1) is 17.3 Å². The molecule has 0 saturated heterocycles. The fourth-order valence-corrected chi connectivity index (χ4v) is 5.15. The second-order valence-electron chi connectivity index (χ2n) is 9.63. The molecule has 156 valence electrons. The van der Waals surface area contributed by atoms with Gasteiger partial charge in [-0.2, -0.15) is 0 Å². The minimum absolute atomic E-state index is 0.770. The van der Waals surface area contributed by atoms with E-state index in [0.717, 1.165) is 17.3 Å². The molecule has 1 aliphatic rings. The van der Waals surface area contributed by atoms with Crippen LogP contribution in [0.2, 0.25) is 0 Å². The molecule has 0 aromatic carbocycles. The molecule has 26 heavy (non-hydrogen) atoms. The van der Waals surface area contributed by atoms with Crippen molar-refractivity contribution in [1.29, 1.82) is 0 Å². The highest BCUT2D eigenvalue weighted by Gasteiger charge is 2.48. The average molecular weight is 365 g/mol. The van der Waals surface area contributed by atoms with Crippen LogP contribution in [0.5, 0.6) is 0 Å². The van der Waals surface area contributed by atoms with E-state index in [4.69, 9.17) is 0 Å². The first-order chi connectivity index (χ1) is 12.7. The summed E-state index contributed by atoms with van der Waals surface area (Å²) in [6.07, 6.45) is 28.0. The van der Waals surface area contributed by atoms with E-state index >= 15 is 0 Å². The van der Waals surface area contributed by atoms with Crippen molar-refractivity contribution < 1.29 is 0 Å². The van der Waals surface area contributed by atoms with E-state index in [1.807, 2.05) is 0 Å². The molecule has 0 amide bonds. The Labute approximate surface area is 167 Å². The molecule has 0 heterocycles. The molecule has 0 nitrogen and oxygen atoms in total. The normalized spacial score (nSPS) is 18.0. The molecular formula is C26H52. The Morgan fingerprint density at radius 2 is 1.04 bits per heavy atom. The van der Waals surface area contributed by atoms with Gasteiger partial charge < -0.3 is 0 Å². The summed E-state index contributed by atoms with van der Waals surface area (Å²) in [7, 11) is 0. The Kier molecular flexibility index (Phi) is 13.9. The standard InChI is InChI=1S/C26H52/c1-5-8-11-12-13-14-15-16-18-21-26(22-23-26)24(4)25(19-10-7-3)20-17-9-6-2/h24-25H,5-23H2,1-4H3. The topological polar surface area (TPSA) is 0 Å². The highest BCUT2D eigenvalue weighted by molar-refractivity contribution is 4.98. The van der Waals surface area contributed by atoms with Crippen LogP contribution in [0.25, 0.3) is 0 Å². The quantitative estimate of drug-likeness (QED) is 0.200. The lowest BCUT2D eigenvalue weighted by Gasteiger charge is -2.32. The summed E-state index contributed by atoms with van der Waals surface area (Å²) in [5, 5.41) is 0. The van der Waals surface area contributed by atoms with Gasteiger partial charge in [-0.05, 0) is 36.5 Å². The molecule has 0 radical (unpaired) electrons. The van der Waals surface area contributed by atoms with E-state index in [-0.39, 0.29) is 0 Å². The Morgan fingerprint density at radius 3 is 1.58 bits per heavy atom. The minimum atomic E-state index is 0.770. The van der Waals surface area contributed by atoms with Crippen LogP contribution in [0.3, 0.4) is 0 Å². The lowest BCUT2D eigenvalue weighted by atomic mass is 9.73. The van der Waals surface area contributed by atoms with Crippen molar-refractivity contribution in [3.63, 3.8) is 0 Å². The first-order valence-corrected chi connectivity index (χ1v) is 12.7. The molecule has 1 aliphatic carbocycles. The van der Waals surface area contributed by atoms with Crippen LogP contribution in [-0.2, 0) is 0 Å². The maximum absolute atomic E-state index is 2.63. The summed E-state index contributed by atoms with van der Waals surface area (Å²) in [6, 6.07) is 0. The van der Waals surface area contributed by atoms with Gasteiger partial charge >= 0.3 is 0 Å². The van der Waals surface area contributed by atoms with Crippen molar-refractivity contribution >= 4 is 0 Å². The monoisotopic (exact) mass is 364 g/mol. The van der Waals surface area contributed by atoms with Gasteiger partial charge in [0.15, 0.2) is 0 Å². The van der Waals surface area contributed by atoms with Gasteiger partial charge in [0.25, 0.3) is 0 Å². The van der Waals surface area contributed by atoms with Gasteiger partial charge in [-0.15, -0.1) is 0 Å². The first kappa shape index (κ1) is 24.0. The molecule has 0 aromatic rings. The number of hydrogen-bond acceptors (Lipinski definition) is 0. The third kappa shape index (κ3) is 9.80. The van der Waals surface area contributed by atoms with Crippen LogP contribution >= 0.6 is 0 Å². The van der Waals surface area contributed by atoms with E-state index in [1.165, 1.54) is 103 Å². The Bertz CT molecular complexity index is 301. The highest BCUT2D eigenvalue weighted by atomic mass is 14.5. The number of hydrogen-bond donors (Lipinski definition) is 0. The molecule has 0 aromatic heterocycles. The van der Waals surface area contributed by atoms with Crippen molar-refractivity contribution in [2.75, 3.05) is 0 Å². The second-order valence-corrected chi connectivity index (χ2v) is 9.63. The SMILES string of the molecule is CCCCCCCCCCCC1(C(C)C(CCCC)CCCCC)CC1. The zero-order valence-corrected chi connectivity index (χ0v) is 19.1. The van der Waals surface area contributed by atoms with E-state index in [0.29, 0.717) is 0 Å². The van der Waals surface area contributed by atoms with Gasteiger partial charge in [0.2, 0.25) is 0 Å². The van der Waals surface area contributed by atoms with Crippen molar-refractivity contribution in [3.8, 4) is 0 Å². The molecular weight excluding hydrogens is 312 g/mol. The summed E-state index contributed by atoms with van der Waals surface area (Å²) < 4.78 is 0. The van der Waals surface area contributed by atoms with Gasteiger partial charge in [0.05, 0.1) is 0 Å². The zero-order valence-electron chi connectivity index (χ0n) is 19.1. The molecule has 0 spiro atoms.